The van der Waals surface area contributed by atoms with Gasteiger partial charge in [0.05, 0.1) is 9.75 Å². The minimum Gasteiger partial charge on any atom is -0.461 e. The van der Waals surface area contributed by atoms with E-state index in [9.17, 15) is 9.18 Å². The molecule has 3 aromatic heterocycles. The molecule has 0 radical (unpaired) electrons. The number of aryl methyl sites for hydroxylation is 1. The van der Waals surface area contributed by atoms with Gasteiger partial charge in [-0.05, 0) is 43.3 Å². The summed E-state index contributed by atoms with van der Waals surface area (Å²) in [7, 11) is 0. The third-order valence-electron chi connectivity index (χ3n) is 2.77. The molecule has 6 heteroatoms. The van der Waals surface area contributed by atoms with E-state index in [4.69, 9.17) is 4.42 Å². The average molecular weight is 302 g/mol. The van der Waals surface area contributed by atoms with Crippen LogP contribution in [0.25, 0.3) is 10.6 Å². The zero-order valence-corrected chi connectivity index (χ0v) is 11.9. The van der Waals surface area contributed by atoms with E-state index in [-0.39, 0.29) is 11.7 Å². The molecule has 3 rings (SSSR count). The Hall–Kier alpha value is -2.47. The van der Waals surface area contributed by atoms with Crippen molar-refractivity contribution in [2.24, 2.45) is 0 Å². The van der Waals surface area contributed by atoms with E-state index in [1.54, 1.807) is 6.07 Å². The smallest absolute Gasteiger partial charge is 0.266 e. The Labute approximate surface area is 124 Å². The van der Waals surface area contributed by atoms with Crippen LogP contribution in [-0.4, -0.2) is 10.9 Å². The van der Waals surface area contributed by atoms with E-state index in [0.29, 0.717) is 4.88 Å². The fourth-order valence-corrected chi connectivity index (χ4v) is 2.68. The van der Waals surface area contributed by atoms with Gasteiger partial charge in [-0.15, -0.1) is 11.3 Å². The highest BCUT2D eigenvalue weighted by atomic mass is 32.1. The molecule has 0 bridgehead atoms. The molecule has 0 spiro atoms. The fourth-order valence-electron chi connectivity index (χ4n) is 1.82. The number of carbonyl (C=O) groups is 1. The molecule has 1 N–H and O–H groups in total. The van der Waals surface area contributed by atoms with E-state index in [1.165, 1.54) is 29.5 Å². The third-order valence-corrected chi connectivity index (χ3v) is 3.87. The van der Waals surface area contributed by atoms with E-state index < -0.39 is 5.95 Å². The summed E-state index contributed by atoms with van der Waals surface area (Å²) in [6.45, 7) is 1.86. The number of hydrogen-bond acceptors (Lipinski definition) is 4. The van der Waals surface area contributed by atoms with Crippen molar-refractivity contribution in [1.82, 2.24) is 4.98 Å². The maximum atomic E-state index is 13.0. The van der Waals surface area contributed by atoms with Gasteiger partial charge >= 0.3 is 0 Å². The van der Waals surface area contributed by atoms with Gasteiger partial charge < -0.3 is 9.73 Å². The molecule has 106 valence electrons. The normalized spacial score (nSPS) is 10.6. The summed E-state index contributed by atoms with van der Waals surface area (Å²) < 4.78 is 18.5. The van der Waals surface area contributed by atoms with Crippen molar-refractivity contribution in [2.45, 2.75) is 6.92 Å². The minimum atomic E-state index is -0.634. The second-order valence-corrected chi connectivity index (χ2v) is 5.46. The van der Waals surface area contributed by atoms with Crippen molar-refractivity contribution in [3.8, 4) is 10.6 Å². The maximum absolute atomic E-state index is 13.0. The van der Waals surface area contributed by atoms with Gasteiger partial charge in [-0.3, -0.25) is 4.79 Å². The number of rotatable bonds is 3. The number of hydrogen-bond donors (Lipinski definition) is 1. The maximum Gasteiger partial charge on any atom is 0.266 e. The number of amides is 1. The van der Waals surface area contributed by atoms with Gasteiger partial charge in [0, 0.05) is 0 Å². The number of thiophene rings is 1. The monoisotopic (exact) mass is 302 g/mol. The van der Waals surface area contributed by atoms with Gasteiger partial charge in [-0.2, -0.15) is 4.39 Å². The van der Waals surface area contributed by atoms with Crippen molar-refractivity contribution >= 4 is 23.1 Å². The Morgan fingerprint density at radius 3 is 2.81 bits per heavy atom. The molecule has 0 unspecified atom stereocenters. The number of furan rings is 1. The first kappa shape index (κ1) is 13.5. The quantitative estimate of drug-likeness (QED) is 0.741. The highest BCUT2D eigenvalue weighted by Crippen LogP contribution is 2.29. The summed E-state index contributed by atoms with van der Waals surface area (Å²) in [4.78, 5) is 17.0. The molecule has 3 heterocycles. The molecule has 3 aromatic rings. The predicted molar refractivity (Wildman–Crippen MR) is 78.9 cm³/mol. The molecule has 4 nitrogen and oxygen atoms in total. The zero-order valence-electron chi connectivity index (χ0n) is 11.1. The van der Waals surface area contributed by atoms with E-state index in [1.807, 2.05) is 25.1 Å². The van der Waals surface area contributed by atoms with Crippen LogP contribution in [0.5, 0.6) is 0 Å². The van der Waals surface area contributed by atoms with Crippen LogP contribution in [0.1, 0.15) is 15.4 Å². The van der Waals surface area contributed by atoms with Crippen LogP contribution in [0, 0.1) is 12.9 Å². The number of aromatic nitrogens is 1. The first-order valence-corrected chi connectivity index (χ1v) is 7.04. The Morgan fingerprint density at radius 1 is 1.24 bits per heavy atom. The Kier molecular flexibility index (Phi) is 3.53. The fraction of sp³-hybridized carbons (Fsp3) is 0.0667. The third kappa shape index (κ3) is 3.00. The summed E-state index contributed by atoms with van der Waals surface area (Å²) >= 11 is 1.30. The van der Waals surface area contributed by atoms with Gasteiger partial charge in [0.15, 0.2) is 0 Å². The molecule has 21 heavy (non-hydrogen) atoms. The Bertz CT molecular complexity index is 794. The van der Waals surface area contributed by atoms with Crippen molar-refractivity contribution in [2.75, 3.05) is 5.32 Å². The molecule has 0 atom stereocenters. The molecule has 0 aliphatic carbocycles. The van der Waals surface area contributed by atoms with E-state index in [2.05, 4.69) is 10.3 Å². The van der Waals surface area contributed by atoms with Crippen LogP contribution in [0.15, 0.2) is 46.9 Å². The van der Waals surface area contributed by atoms with Gasteiger partial charge in [0.1, 0.15) is 17.3 Å². The number of halogens is 1. The highest BCUT2D eigenvalue weighted by Gasteiger charge is 2.13. The van der Waals surface area contributed by atoms with Crippen molar-refractivity contribution in [3.63, 3.8) is 0 Å². The largest absolute Gasteiger partial charge is 0.461 e. The number of carbonyl (C=O) groups excluding carboxylic acids is 1. The molecule has 0 saturated heterocycles. The Balaban J connectivity index is 1.78. The second kappa shape index (κ2) is 5.49. The lowest BCUT2D eigenvalue weighted by Gasteiger charge is -2.01. The SMILES string of the molecule is Cc1ccc(-c2ccc(C(=O)Nc3cccc(F)n3)s2)o1. The summed E-state index contributed by atoms with van der Waals surface area (Å²) in [6.07, 6.45) is 0. The van der Waals surface area contributed by atoms with Crippen LogP contribution in [0.3, 0.4) is 0 Å². The molecule has 1 amide bonds. The van der Waals surface area contributed by atoms with Gasteiger partial charge in [0.25, 0.3) is 5.91 Å². The van der Waals surface area contributed by atoms with Crippen LogP contribution in [0.2, 0.25) is 0 Å². The minimum absolute atomic E-state index is 0.184. The lowest BCUT2D eigenvalue weighted by Crippen LogP contribution is -2.11. The van der Waals surface area contributed by atoms with Crippen LogP contribution < -0.4 is 5.32 Å². The van der Waals surface area contributed by atoms with Crippen LogP contribution in [0.4, 0.5) is 10.2 Å². The lowest BCUT2D eigenvalue weighted by molar-refractivity contribution is 0.103. The first-order valence-electron chi connectivity index (χ1n) is 6.22. The number of anilines is 1. The summed E-state index contributed by atoms with van der Waals surface area (Å²) in [5.41, 5.74) is 0. The predicted octanol–water partition coefficient (Wildman–Crippen LogP) is 4.10. The second-order valence-electron chi connectivity index (χ2n) is 4.37. The molecule has 0 aliphatic rings. The van der Waals surface area contributed by atoms with Gasteiger partial charge in [0.2, 0.25) is 5.95 Å². The average Bonchev–Trinajstić information content (AvgIpc) is 3.07. The molecule has 0 aromatic carbocycles. The van der Waals surface area contributed by atoms with Crippen LogP contribution >= 0.6 is 11.3 Å². The molecule has 0 saturated carbocycles. The molecular weight excluding hydrogens is 291 g/mol. The summed E-state index contributed by atoms with van der Waals surface area (Å²) in [5.74, 6) is 0.760. The molecular formula is C15H11FN2O2S. The summed E-state index contributed by atoms with van der Waals surface area (Å²) in [6, 6.07) is 11.5. The van der Waals surface area contributed by atoms with Crippen molar-refractivity contribution in [3.05, 3.63) is 59.0 Å². The lowest BCUT2D eigenvalue weighted by atomic mass is 10.3. The molecule has 0 aliphatic heterocycles. The number of nitrogens with one attached hydrogen (secondary N) is 1. The first-order chi connectivity index (χ1) is 10.1. The Morgan fingerprint density at radius 2 is 2.10 bits per heavy atom. The van der Waals surface area contributed by atoms with Crippen LogP contribution in [-0.2, 0) is 0 Å². The van der Waals surface area contributed by atoms with E-state index >= 15 is 0 Å². The standard InChI is InChI=1S/C15H11FN2O2S/c1-9-5-6-10(20-9)11-7-8-12(21-11)15(19)18-14-4-2-3-13(16)17-14/h2-8H,1H3,(H,17,18,19). The molecule has 0 fully saturated rings. The summed E-state index contributed by atoms with van der Waals surface area (Å²) in [5, 5.41) is 2.56. The van der Waals surface area contributed by atoms with Crippen molar-refractivity contribution < 1.29 is 13.6 Å². The zero-order chi connectivity index (χ0) is 14.8. The highest BCUT2D eigenvalue weighted by molar-refractivity contribution is 7.17. The number of pyridine rings is 1. The number of nitrogens with zero attached hydrogens (tertiary/aromatic N) is 1. The van der Waals surface area contributed by atoms with Crippen molar-refractivity contribution in [1.29, 1.82) is 0 Å². The van der Waals surface area contributed by atoms with E-state index in [0.717, 1.165) is 16.4 Å². The topological polar surface area (TPSA) is 55.1 Å². The van der Waals surface area contributed by atoms with Gasteiger partial charge in [-0.25, -0.2) is 4.98 Å². The van der Waals surface area contributed by atoms with Gasteiger partial charge in [-0.1, -0.05) is 6.07 Å².